The molecule has 0 heterocycles. The van der Waals surface area contributed by atoms with Gasteiger partial charge in [-0.15, -0.1) is 0 Å². The van der Waals surface area contributed by atoms with E-state index in [9.17, 15) is 4.79 Å². The van der Waals surface area contributed by atoms with Gasteiger partial charge >= 0.3 is 6.03 Å². The van der Waals surface area contributed by atoms with Gasteiger partial charge in [-0.1, -0.05) is 29.8 Å². The Morgan fingerprint density at radius 3 is 2.45 bits per heavy atom. The topological polar surface area (TPSA) is 41.1 Å². The molecule has 4 heteroatoms. The fourth-order valence-electron chi connectivity index (χ4n) is 1.84. The minimum atomic E-state index is -0.279. The van der Waals surface area contributed by atoms with Crippen LogP contribution in [0.2, 0.25) is 5.02 Å². The van der Waals surface area contributed by atoms with E-state index in [-0.39, 0.29) is 6.03 Å². The van der Waals surface area contributed by atoms with Crippen LogP contribution in [0.5, 0.6) is 0 Å². The number of hydrogen-bond donors (Lipinski definition) is 2. The molecule has 0 radical (unpaired) electrons. The van der Waals surface area contributed by atoms with Crippen molar-refractivity contribution >= 4 is 29.0 Å². The molecule has 0 saturated carbocycles. The molecule has 2 aromatic carbocycles. The molecule has 2 amide bonds. The van der Waals surface area contributed by atoms with Crippen LogP contribution in [-0.4, -0.2) is 6.03 Å². The quantitative estimate of drug-likeness (QED) is 0.810. The molecule has 0 saturated heterocycles. The van der Waals surface area contributed by atoms with Crippen LogP contribution < -0.4 is 10.6 Å². The largest absolute Gasteiger partial charge is 0.323 e. The third-order valence-corrected chi connectivity index (χ3v) is 3.69. The van der Waals surface area contributed by atoms with Crippen LogP contribution >= 0.6 is 11.6 Å². The second-order valence-electron chi connectivity index (χ2n) is 4.79. The Morgan fingerprint density at radius 1 is 1.00 bits per heavy atom. The van der Waals surface area contributed by atoms with Crippen molar-refractivity contribution in [2.24, 2.45) is 0 Å². The molecule has 0 aliphatic heterocycles. The summed E-state index contributed by atoms with van der Waals surface area (Å²) < 4.78 is 0. The van der Waals surface area contributed by atoms with E-state index < -0.39 is 0 Å². The van der Waals surface area contributed by atoms with Crippen LogP contribution in [0.4, 0.5) is 16.2 Å². The van der Waals surface area contributed by atoms with E-state index in [2.05, 4.69) is 10.6 Å². The summed E-state index contributed by atoms with van der Waals surface area (Å²) in [6, 6.07) is 11.0. The van der Waals surface area contributed by atoms with E-state index in [1.54, 1.807) is 6.07 Å². The number of benzene rings is 2. The summed E-state index contributed by atoms with van der Waals surface area (Å²) in [6.45, 7) is 5.91. The number of carbonyl (C=O) groups is 1. The highest BCUT2D eigenvalue weighted by molar-refractivity contribution is 6.31. The second kappa shape index (κ2) is 5.97. The van der Waals surface area contributed by atoms with Gasteiger partial charge in [-0.05, 0) is 55.7 Å². The molecule has 0 atom stereocenters. The van der Waals surface area contributed by atoms with Crippen LogP contribution in [0.3, 0.4) is 0 Å². The van der Waals surface area contributed by atoms with Crippen molar-refractivity contribution in [1.82, 2.24) is 0 Å². The molecule has 0 unspecified atom stereocenters. The Morgan fingerprint density at radius 2 is 1.75 bits per heavy atom. The number of hydrogen-bond acceptors (Lipinski definition) is 1. The molecule has 0 aliphatic carbocycles. The SMILES string of the molecule is Cc1ccc(NC(=O)Nc2cccc(C)c2C)cc1Cl. The van der Waals surface area contributed by atoms with E-state index in [4.69, 9.17) is 11.6 Å². The highest BCUT2D eigenvalue weighted by atomic mass is 35.5. The van der Waals surface area contributed by atoms with E-state index in [1.165, 1.54) is 0 Å². The van der Waals surface area contributed by atoms with E-state index >= 15 is 0 Å². The monoisotopic (exact) mass is 288 g/mol. The lowest BCUT2D eigenvalue weighted by Crippen LogP contribution is -2.20. The first kappa shape index (κ1) is 14.4. The second-order valence-corrected chi connectivity index (χ2v) is 5.20. The van der Waals surface area contributed by atoms with Gasteiger partial charge in [0.15, 0.2) is 0 Å². The van der Waals surface area contributed by atoms with E-state index in [1.807, 2.05) is 51.1 Å². The van der Waals surface area contributed by atoms with Crippen molar-refractivity contribution in [3.8, 4) is 0 Å². The van der Waals surface area contributed by atoms with E-state index in [0.717, 1.165) is 22.4 Å². The fraction of sp³-hybridized carbons (Fsp3) is 0.188. The maximum Gasteiger partial charge on any atom is 0.323 e. The van der Waals surface area contributed by atoms with Gasteiger partial charge in [0.25, 0.3) is 0 Å². The molecule has 104 valence electrons. The number of anilines is 2. The minimum absolute atomic E-state index is 0.279. The molecular formula is C16H17ClN2O. The Labute approximate surface area is 124 Å². The van der Waals surface area contributed by atoms with Crippen molar-refractivity contribution < 1.29 is 4.79 Å². The zero-order chi connectivity index (χ0) is 14.7. The summed E-state index contributed by atoms with van der Waals surface area (Å²) >= 11 is 6.03. The normalized spacial score (nSPS) is 10.2. The number of amides is 2. The number of carbonyl (C=O) groups excluding carboxylic acids is 1. The summed E-state index contributed by atoms with van der Waals surface area (Å²) in [5, 5.41) is 6.24. The molecule has 0 spiro atoms. The lowest BCUT2D eigenvalue weighted by atomic mass is 10.1. The van der Waals surface area contributed by atoms with Crippen LogP contribution in [0.15, 0.2) is 36.4 Å². The first-order valence-electron chi connectivity index (χ1n) is 6.38. The lowest BCUT2D eigenvalue weighted by molar-refractivity contribution is 0.262. The third kappa shape index (κ3) is 3.31. The third-order valence-electron chi connectivity index (χ3n) is 3.28. The number of nitrogens with one attached hydrogen (secondary N) is 2. The van der Waals surface area contributed by atoms with Gasteiger partial charge in [0.05, 0.1) is 0 Å². The molecule has 2 N–H and O–H groups in total. The average Bonchev–Trinajstić information content (AvgIpc) is 2.39. The maximum atomic E-state index is 12.0. The molecular weight excluding hydrogens is 272 g/mol. The van der Waals surface area contributed by atoms with E-state index in [0.29, 0.717) is 10.7 Å². The summed E-state index contributed by atoms with van der Waals surface area (Å²) in [6.07, 6.45) is 0. The first-order valence-corrected chi connectivity index (χ1v) is 6.75. The van der Waals surface area contributed by atoms with Crippen LogP contribution in [0.25, 0.3) is 0 Å². The predicted molar refractivity (Wildman–Crippen MR) is 84.7 cm³/mol. The van der Waals surface area contributed by atoms with Crippen LogP contribution in [0.1, 0.15) is 16.7 Å². The van der Waals surface area contributed by atoms with Crippen LogP contribution in [-0.2, 0) is 0 Å². The van der Waals surface area contributed by atoms with Gasteiger partial charge in [0.2, 0.25) is 0 Å². The molecule has 0 bridgehead atoms. The lowest BCUT2D eigenvalue weighted by Gasteiger charge is -2.12. The molecule has 2 rings (SSSR count). The smallest absolute Gasteiger partial charge is 0.308 e. The number of urea groups is 1. The molecule has 2 aromatic rings. The van der Waals surface area contributed by atoms with Gasteiger partial charge in [0, 0.05) is 16.4 Å². The standard InChI is InChI=1S/C16H17ClN2O/c1-10-5-4-6-15(12(10)3)19-16(20)18-13-8-7-11(2)14(17)9-13/h4-9H,1-3H3,(H2,18,19,20). The van der Waals surface area contributed by atoms with Crippen molar-refractivity contribution in [3.63, 3.8) is 0 Å². The Hall–Kier alpha value is -2.00. The molecule has 20 heavy (non-hydrogen) atoms. The molecule has 0 fully saturated rings. The summed E-state index contributed by atoms with van der Waals surface area (Å²) in [5.74, 6) is 0. The van der Waals surface area contributed by atoms with Crippen molar-refractivity contribution in [3.05, 3.63) is 58.1 Å². The average molecular weight is 289 g/mol. The van der Waals surface area contributed by atoms with Crippen molar-refractivity contribution in [2.45, 2.75) is 20.8 Å². The van der Waals surface area contributed by atoms with Gasteiger partial charge in [-0.25, -0.2) is 4.79 Å². The Kier molecular flexibility index (Phi) is 4.30. The predicted octanol–water partition coefficient (Wildman–Crippen LogP) is 4.91. The van der Waals surface area contributed by atoms with Gasteiger partial charge < -0.3 is 10.6 Å². The van der Waals surface area contributed by atoms with Crippen molar-refractivity contribution in [1.29, 1.82) is 0 Å². The van der Waals surface area contributed by atoms with Gasteiger partial charge in [-0.3, -0.25) is 0 Å². The molecule has 3 nitrogen and oxygen atoms in total. The molecule has 0 aliphatic rings. The Balaban J connectivity index is 2.09. The fourth-order valence-corrected chi connectivity index (χ4v) is 2.02. The summed E-state index contributed by atoms with van der Waals surface area (Å²) in [4.78, 5) is 12.0. The van der Waals surface area contributed by atoms with Crippen molar-refractivity contribution in [2.75, 3.05) is 10.6 Å². The highest BCUT2D eigenvalue weighted by Gasteiger charge is 2.06. The number of aryl methyl sites for hydroxylation is 2. The zero-order valence-corrected chi connectivity index (χ0v) is 12.5. The van der Waals surface area contributed by atoms with Crippen LogP contribution in [0, 0.1) is 20.8 Å². The zero-order valence-electron chi connectivity index (χ0n) is 11.8. The molecule has 0 aromatic heterocycles. The van der Waals surface area contributed by atoms with Gasteiger partial charge in [0.1, 0.15) is 0 Å². The summed E-state index contributed by atoms with van der Waals surface area (Å²) in [5.41, 5.74) is 4.65. The summed E-state index contributed by atoms with van der Waals surface area (Å²) in [7, 11) is 0. The first-order chi connectivity index (χ1) is 9.47. The van der Waals surface area contributed by atoms with Gasteiger partial charge in [-0.2, -0.15) is 0 Å². The highest BCUT2D eigenvalue weighted by Crippen LogP contribution is 2.21. The number of rotatable bonds is 2. The minimum Gasteiger partial charge on any atom is -0.308 e. The number of halogens is 1. The maximum absolute atomic E-state index is 12.0. The Bertz CT molecular complexity index is 653.